The molecule has 1 atom stereocenters. The first-order chi connectivity index (χ1) is 8.65. The van der Waals surface area contributed by atoms with Gasteiger partial charge in [0.2, 0.25) is 0 Å². The van der Waals surface area contributed by atoms with Crippen LogP contribution < -0.4 is 5.32 Å². The van der Waals surface area contributed by atoms with Crippen molar-refractivity contribution in [3.05, 3.63) is 0 Å². The standard InChI is InChI=1S/C7H11F2NO2.C2HF3O2/c8-6(9)12-5-1-7(11-2-5)3-10-4-7;3-2(4,5)1(6)7/h5-6,10H,1-4H2;(H,6,7)/t5-;/m0./s1. The van der Waals surface area contributed by atoms with Crippen molar-refractivity contribution in [2.75, 3.05) is 19.7 Å². The maximum atomic E-state index is 11.8. The van der Waals surface area contributed by atoms with Crippen molar-refractivity contribution in [2.45, 2.75) is 30.9 Å². The predicted molar refractivity (Wildman–Crippen MR) is 50.7 cm³/mol. The Morgan fingerprint density at radius 2 is 1.95 bits per heavy atom. The van der Waals surface area contributed by atoms with Crippen LogP contribution in [0.4, 0.5) is 22.0 Å². The van der Waals surface area contributed by atoms with E-state index in [1.165, 1.54) is 0 Å². The maximum absolute atomic E-state index is 11.8. The number of rotatable bonds is 2. The summed E-state index contributed by atoms with van der Waals surface area (Å²) in [6, 6.07) is 0. The van der Waals surface area contributed by atoms with Crippen molar-refractivity contribution in [1.82, 2.24) is 5.32 Å². The Morgan fingerprint density at radius 3 is 2.21 bits per heavy atom. The van der Waals surface area contributed by atoms with Gasteiger partial charge in [0.05, 0.1) is 18.3 Å². The van der Waals surface area contributed by atoms with Gasteiger partial charge in [0.1, 0.15) is 0 Å². The third-order valence-electron chi connectivity index (χ3n) is 2.61. The second-order valence-electron chi connectivity index (χ2n) is 4.12. The molecule has 0 unspecified atom stereocenters. The molecule has 0 radical (unpaired) electrons. The molecule has 10 heteroatoms. The van der Waals surface area contributed by atoms with Gasteiger partial charge in [-0.05, 0) is 0 Å². The number of nitrogens with one attached hydrogen (secondary N) is 1. The molecule has 2 rings (SSSR count). The lowest BCUT2D eigenvalue weighted by molar-refractivity contribution is -0.192. The van der Waals surface area contributed by atoms with Gasteiger partial charge in [-0.3, -0.25) is 0 Å². The Balaban J connectivity index is 0.000000224. The van der Waals surface area contributed by atoms with Gasteiger partial charge in [-0.2, -0.15) is 22.0 Å². The van der Waals surface area contributed by atoms with Gasteiger partial charge in [-0.25, -0.2) is 4.79 Å². The number of hydrogen-bond donors (Lipinski definition) is 2. The minimum Gasteiger partial charge on any atom is -0.475 e. The highest BCUT2D eigenvalue weighted by Crippen LogP contribution is 2.31. The number of hydrogen-bond acceptors (Lipinski definition) is 4. The number of carbonyl (C=O) groups is 1. The van der Waals surface area contributed by atoms with Gasteiger partial charge in [-0.1, -0.05) is 0 Å². The van der Waals surface area contributed by atoms with E-state index >= 15 is 0 Å². The smallest absolute Gasteiger partial charge is 0.475 e. The van der Waals surface area contributed by atoms with Crippen LogP contribution in [0.2, 0.25) is 0 Å². The number of halogens is 5. The van der Waals surface area contributed by atoms with E-state index in [0.717, 1.165) is 13.1 Å². The normalized spacial score (nSPS) is 24.8. The van der Waals surface area contributed by atoms with Crippen LogP contribution in [0.1, 0.15) is 6.42 Å². The van der Waals surface area contributed by atoms with E-state index in [2.05, 4.69) is 10.1 Å². The first-order valence-electron chi connectivity index (χ1n) is 5.23. The Kier molecular flexibility index (Phi) is 5.04. The maximum Gasteiger partial charge on any atom is 0.490 e. The molecule has 0 saturated carbocycles. The van der Waals surface area contributed by atoms with Gasteiger partial charge in [-0.15, -0.1) is 0 Å². The van der Waals surface area contributed by atoms with E-state index in [1.54, 1.807) is 0 Å². The van der Waals surface area contributed by atoms with Crippen LogP contribution in [0.5, 0.6) is 0 Å². The molecule has 0 bridgehead atoms. The number of aliphatic carboxylic acids is 1. The van der Waals surface area contributed by atoms with Crippen molar-refractivity contribution < 1.29 is 41.3 Å². The summed E-state index contributed by atoms with van der Waals surface area (Å²) >= 11 is 0. The molecule has 1 spiro atoms. The van der Waals surface area contributed by atoms with Crippen LogP contribution in [0.15, 0.2) is 0 Å². The van der Waals surface area contributed by atoms with Crippen molar-refractivity contribution >= 4 is 5.97 Å². The summed E-state index contributed by atoms with van der Waals surface area (Å²) in [6.45, 7) is -0.861. The molecule has 19 heavy (non-hydrogen) atoms. The highest BCUT2D eigenvalue weighted by molar-refractivity contribution is 5.73. The molecular formula is C9H12F5NO4. The van der Waals surface area contributed by atoms with Crippen LogP contribution in [-0.4, -0.2) is 55.3 Å². The van der Waals surface area contributed by atoms with Crippen LogP contribution >= 0.6 is 0 Å². The summed E-state index contributed by atoms with van der Waals surface area (Å²) in [6.07, 6.45) is -4.92. The minimum atomic E-state index is -5.08. The Morgan fingerprint density at radius 1 is 1.42 bits per heavy atom. The first kappa shape index (κ1) is 16.1. The fourth-order valence-corrected chi connectivity index (χ4v) is 1.69. The zero-order valence-corrected chi connectivity index (χ0v) is 9.54. The molecule has 2 aliphatic rings. The molecule has 112 valence electrons. The quantitative estimate of drug-likeness (QED) is 0.743. The van der Waals surface area contributed by atoms with Crippen LogP contribution in [0.3, 0.4) is 0 Å². The molecule has 5 nitrogen and oxygen atoms in total. The largest absolute Gasteiger partial charge is 0.490 e. The van der Waals surface area contributed by atoms with E-state index < -0.39 is 24.9 Å². The molecule has 0 aromatic carbocycles. The molecule has 2 saturated heterocycles. The summed E-state index contributed by atoms with van der Waals surface area (Å²) in [5.74, 6) is -2.76. The fraction of sp³-hybridized carbons (Fsp3) is 0.889. The molecule has 2 aliphatic heterocycles. The summed E-state index contributed by atoms with van der Waals surface area (Å²) in [4.78, 5) is 8.90. The molecule has 0 aromatic heterocycles. The van der Waals surface area contributed by atoms with E-state index in [1.807, 2.05) is 0 Å². The molecule has 0 amide bonds. The first-order valence-corrected chi connectivity index (χ1v) is 5.23. The zero-order valence-electron chi connectivity index (χ0n) is 9.54. The van der Waals surface area contributed by atoms with Gasteiger partial charge in [0.15, 0.2) is 0 Å². The highest BCUT2D eigenvalue weighted by Gasteiger charge is 2.46. The topological polar surface area (TPSA) is 67.8 Å². The molecular weight excluding hydrogens is 281 g/mol. The Labute approximate surface area is 104 Å². The minimum absolute atomic E-state index is 0.195. The van der Waals surface area contributed by atoms with Crippen molar-refractivity contribution in [3.8, 4) is 0 Å². The summed E-state index contributed by atoms with van der Waals surface area (Å²) in [7, 11) is 0. The van der Waals surface area contributed by atoms with Crippen LogP contribution in [0, 0.1) is 0 Å². The SMILES string of the molecule is FC(F)O[C@@H]1COC2(CNC2)C1.O=C(O)C(F)(F)F. The lowest BCUT2D eigenvalue weighted by Crippen LogP contribution is -2.59. The van der Waals surface area contributed by atoms with Gasteiger partial charge in [0, 0.05) is 19.5 Å². The second-order valence-corrected chi connectivity index (χ2v) is 4.12. The van der Waals surface area contributed by atoms with Gasteiger partial charge >= 0.3 is 18.8 Å². The third kappa shape index (κ3) is 4.88. The average Bonchev–Trinajstić information content (AvgIpc) is 2.60. The number of alkyl halides is 5. The van der Waals surface area contributed by atoms with Crippen molar-refractivity contribution in [1.29, 1.82) is 0 Å². The molecule has 2 heterocycles. The molecule has 0 aliphatic carbocycles. The Bertz CT molecular complexity index is 318. The van der Waals surface area contributed by atoms with E-state index in [9.17, 15) is 22.0 Å². The van der Waals surface area contributed by atoms with Crippen molar-refractivity contribution in [2.24, 2.45) is 0 Å². The van der Waals surface area contributed by atoms with E-state index in [0.29, 0.717) is 13.0 Å². The number of carboxylic acid groups (broad SMARTS) is 1. The van der Waals surface area contributed by atoms with E-state index in [4.69, 9.17) is 14.6 Å². The lowest BCUT2D eigenvalue weighted by atomic mass is 9.93. The molecule has 2 fully saturated rings. The Hall–Kier alpha value is -1.00. The van der Waals surface area contributed by atoms with E-state index in [-0.39, 0.29) is 5.60 Å². The van der Waals surface area contributed by atoms with Crippen LogP contribution in [0.25, 0.3) is 0 Å². The second kappa shape index (κ2) is 5.97. The summed E-state index contributed by atoms with van der Waals surface area (Å²) < 4.78 is 65.0. The summed E-state index contributed by atoms with van der Waals surface area (Å²) in [5.41, 5.74) is -0.195. The lowest BCUT2D eigenvalue weighted by Gasteiger charge is -2.37. The predicted octanol–water partition coefficient (Wildman–Crippen LogP) is 0.990. The van der Waals surface area contributed by atoms with Crippen LogP contribution in [-0.2, 0) is 14.3 Å². The number of ether oxygens (including phenoxy) is 2. The fourth-order valence-electron chi connectivity index (χ4n) is 1.69. The van der Waals surface area contributed by atoms with Gasteiger partial charge in [0.25, 0.3) is 0 Å². The highest BCUT2D eigenvalue weighted by atomic mass is 19.4. The zero-order chi connectivity index (χ0) is 14.7. The average molecular weight is 293 g/mol. The molecule has 0 aromatic rings. The van der Waals surface area contributed by atoms with Crippen molar-refractivity contribution in [3.63, 3.8) is 0 Å². The number of carboxylic acids is 1. The summed E-state index contributed by atoms with van der Waals surface area (Å²) in [5, 5.41) is 10.2. The van der Waals surface area contributed by atoms with Gasteiger partial charge < -0.3 is 19.9 Å². The monoisotopic (exact) mass is 293 g/mol. The third-order valence-corrected chi connectivity index (χ3v) is 2.61. The molecule has 2 N–H and O–H groups in total.